The first-order valence-corrected chi connectivity index (χ1v) is 8.90. The molecule has 1 heterocycles. The Bertz CT molecular complexity index is 874. The second-order valence-corrected chi connectivity index (χ2v) is 6.80. The van der Waals surface area contributed by atoms with Crippen molar-refractivity contribution in [3.63, 3.8) is 0 Å². The van der Waals surface area contributed by atoms with E-state index >= 15 is 0 Å². The first-order chi connectivity index (χ1) is 12.7. The average Bonchev–Trinajstić information content (AvgIpc) is 3.40. The Balaban J connectivity index is 1.62. The topological polar surface area (TPSA) is 63.9 Å². The molecule has 2 aromatic carbocycles. The minimum atomic E-state index is 0.0446. The van der Waals surface area contributed by atoms with E-state index in [1.165, 1.54) is 19.2 Å². The van der Waals surface area contributed by atoms with Crippen molar-refractivity contribution in [1.82, 2.24) is 25.1 Å². The molecule has 132 valence electrons. The Morgan fingerprint density at radius 2 is 2.00 bits per heavy atom. The maximum Gasteiger partial charge on any atom is 0.254 e. The van der Waals surface area contributed by atoms with Crippen molar-refractivity contribution in [1.29, 1.82) is 0 Å². The number of rotatable bonds is 6. The van der Waals surface area contributed by atoms with Gasteiger partial charge in [0.1, 0.15) is 6.33 Å². The number of hydrogen-bond donors (Lipinski definition) is 0. The maximum atomic E-state index is 13.3. The van der Waals surface area contributed by atoms with Gasteiger partial charge in [0.05, 0.1) is 5.69 Å². The molecule has 0 aliphatic heterocycles. The number of nitrogens with zero attached hydrogens (tertiary/aromatic N) is 5. The number of carbonyl (C=O) groups is 1. The minimum Gasteiger partial charge on any atom is -0.331 e. The third kappa shape index (κ3) is 3.49. The molecule has 3 aromatic rings. The lowest BCUT2D eigenvalue weighted by Gasteiger charge is -2.30. The van der Waals surface area contributed by atoms with Gasteiger partial charge in [-0.2, -0.15) is 0 Å². The van der Waals surface area contributed by atoms with Gasteiger partial charge in [0, 0.05) is 18.2 Å². The van der Waals surface area contributed by atoms with Crippen molar-refractivity contribution >= 4 is 5.91 Å². The van der Waals surface area contributed by atoms with Crippen molar-refractivity contribution in [2.45, 2.75) is 32.4 Å². The molecule has 26 heavy (non-hydrogen) atoms. The lowest BCUT2D eigenvalue weighted by Crippen LogP contribution is -2.39. The SMILES string of the molecule is CC(C1CC1)N(Cc1ccccc1)C(=O)c1cccc(-n2cnnn2)c1. The van der Waals surface area contributed by atoms with Gasteiger partial charge in [0.15, 0.2) is 0 Å². The van der Waals surface area contributed by atoms with E-state index < -0.39 is 0 Å². The third-order valence-corrected chi connectivity index (χ3v) is 4.96. The fraction of sp³-hybridized carbons (Fsp3) is 0.300. The van der Waals surface area contributed by atoms with E-state index in [4.69, 9.17) is 0 Å². The van der Waals surface area contributed by atoms with E-state index in [1.54, 1.807) is 4.68 Å². The van der Waals surface area contributed by atoms with E-state index in [0.717, 1.165) is 11.3 Å². The standard InChI is InChI=1S/C20H21N5O/c1-15(17-10-11-17)24(13-16-6-3-2-4-7-16)20(26)18-8-5-9-19(12-18)25-14-21-22-23-25/h2-9,12,14-15,17H,10-11,13H2,1H3. The summed E-state index contributed by atoms with van der Waals surface area (Å²) in [7, 11) is 0. The normalized spacial score (nSPS) is 14.8. The van der Waals surface area contributed by atoms with Crippen LogP contribution in [-0.2, 0) is 6.54 Å². The summed E-state index contributed by atoms with van der Waals surface area (Å²) in [6, 6.07) is 17.8. The number of amides is 1. The van der Waals surface area contributed by atoms with E-state index in [-0.39, 0.29) is 11.9 Å². The molecule has 6 heteroatoms. The van der Waals surface area contributed by atoms with Crippen LogP contribution in [0.4, 0.5) is 0 Å². The fourth-order valence-corrected chi connectivity index (χ4v) is 3.24. The molecule has 1 atom stereocenters. The molecule has 1 amide bonds. The van der Waals surface area contributed by atoms with Crippen LogP contribution in [0.5, 0.6) is 0 Å². The monoisotopic (exact) mass is 347 g/mol. The second kappa shape index (κ2) is 7.07. The number of hydrogen-bond acceptors (Lipinski definition) is 4. The zero-order chi connectivity index (χ0) is 17.9. The third-order valence-electron chi connectivity index (χ3n) is 4.96. The van der Waals surface area contributed by atoms with Gasteiger partial charge in [0.25, 0.3) is 5.91 Å². The first-order valence-electron chi connectivity index (χ1n) is 8.90. The van der Waals surface area contributed by atoms with Crippen LogP contribution in [0.15, 0.2) is 60.9 Å². The number of benzene rings is 2. The Hall–Kier alpha value is -3.02. The highest BCUT2D eigenvalue weighted by Gasteiger charge is 2.34. The molecule has 1 aliphatic carbocycles. The van der Waals surface area contributed by atoms with Crippen molar-refractivity contribution in [3.05, 3.63) is 72.1 Å². The molecule has 0 N–H and O–H groups in total. The molecular formula is C20H21N5O. The number of carbonyl (C=O) groups excluding carboxylic acids is 1. The van der Waals surface area contributed by atoms with Crippen molar-refractivity contribution in [3.8, 4) is 5.69 Å². The molecule has 1 aliphatic rings. The van der Waals surface area contributed by atoms with Crippen LogP contribution in [0, 0.1) is 5.92 Å². The Morgan fingerprint density at radius 1 is 1.19 bits per heavy atom. The van der Waals surface area contributed by atoms with E-state index in [1.807, 2.05) is 47.4 Å². The molecule has 1 saturated carbocycles. The van der Waals surface area contributed by atoms with Crippen LogP contribution < -0.4 is 0 Å². The van der Waals surface area contributed by atoms with Crippen molar-refractivity contribution in [2.24, 2.45) is 5.92 Å². The van der Waals surface area contributed by atoms with Crippen LogP contribution in [0.25, 0.3) is 5.69 Å². The van der Waals surface area contributed by atoms with E-state index in [2.05, 4.69) is 34.6 Å². The molecule has 1 fully saturated rings. The van der Waals surface area contributed by atoms with Gasteiger partial charge in [-0.25, -0.2) is 4.68 Å². The van der Waals surface area contributed by atoms with Crippen molar-refractivity contribution in [2.75, 3.05) is 0 Å². The second-order valence-electron chi connectivity index (χ2n) is 6.80. The fourth-order valence-electron chi connectivity index (χ4n) is 3.24. The molecule has 0 bridgehead atoms. The van der Waals surface area contributed by atoms with Gasteiger partial charge in [-0.1, -0.05) is 36.4 Å². The summed E-state index contributed by atoms with van der Waals surface area (Å²) in [5.41, 5.74) is 2.57. The Morgan fingerprint density at radius 3 is 2.69 bits per heavy atom. The summed E-state index contributed by atoms with van der Waals surface area (Å²) in [6.45, 7) is 2.77. The largest absolute Gasteiger partial charge is 0.331 e. The summed E-state index contributed by atoms with van der Waals surface area (Å²) < 4.78 is 1.56. The smallest absolute Gasteiger partial charge is 0.254 e. The molecule has 0 saturated heterocycles. The summed E-state index contributed by atoms with van der Waals surface area (Å²) in [5.74, 6) is 0.647. The minimum absolute atomic E-state index is 0.0446. The summed E-state index contributed by atoms with van der Waals surface area (Å²) in [6.07, 6.45) is 3.92. The summed E-state index contributed by atoms with van der Waals surface area (Å²) in [4.78, 5) is 15.3. The predicted molar refractivity (Wildman–Crippen MR) is 97.7 cm³/mol. The number of aromatic nitrogens is 4. The molecule has 4 rings (SSSR count). The van der Waals surface area contributed by atoms with Crippen LogP contribution >= 0.6 is 0 Å². The van der Waals surface area contributed by atoms with Crippen molar-refractivity contribution < 1.29 is 4.79 Å². The van der Waals surface area contributed by atoms with Crippen LogP contribution in [0.1, 0.15) is 35.7 Å². The highest BCUT2D eigenvalue weighted by atomic mass is 16.2. The van der Waals surface area contributed by atoms with E-state index in [0.29, 0.717) is 18.0 Å². The van der Waals surface area contributed by atoms with Gasteiger partial charge in [-0.3, -0.25) is 4.79 Å². The highest BCUT2D eigenvalue weighted by Crippen LogP contribution is 2.36. The highest BCUT2D eigenvalue weighted by molar-refractivity contribution is 5.95. The Kier molecular flexibility index (Phi) is 4.48. The van der Waals surface area contributed by atoms with E-state index in [9.17, 15) is 4.79 Å². The van der Waals surface area contributed by atoms with Gasteiger partial charge in [-0.05, 0) is 59.9 Å². The Labute approximate surface area is 152 Å². The lowest BCUT2D eigenvalue weighted by atomic mass is 10.1. The summed E-state index contributed by atoms with van der Waals surface area (Å²) in [5, 5.41) is 11.2. The molecule has 0 radical (unpaired) electrons. The molecule has 0 spiro atoms. The van der Waals surface area contributed by atoms with Gasteiger partial charge >= 0.3 is 0 Å². The van der Waals surface area contributed by atoms with Crippen LogP contribution in [0.2, 0.25) is 0 Å². The maximum absolute atomic E-state index is 13.3. The number of tetrazole rings is 1. The van der Waals surface area contributed by atoms with Gasteiger partial charge in [-0.15, -0.1) is 5.10 Å². The van der Waals surface area contributed by atoms with Gasteiger partial charge in [0.2, 0.25) is 0 Å². The molecule has 1 unspecified atom stereocenters. The molecule has 6 nitrogen and oxygen atoms in total. The lowest BCUT2D eigenvalue weighted by molar-refractivity contribution is 0.0654. The first kappa shape index (κ1) is 16.4. The molecular weight excluding hydrogens is 326 g/mol. The van der Waals surface area contributed by atoms with Crippen LogP contribution in [0.3, 0.4) is 0 Å². The molecule has 1 aromatic heterocycles. The summed E-state index contributed by atoms with van der Waals surface area (Å²) >= 11 is 0. The quantitative estimate of drug-likeness (QED) is 0.687. The predicted octanol–water partition coefficient (Wildman–Crippen LogP) is 3.10. The average molecular weight is 347 g/mol. The zero-order valence-corrected chi connectivity index (χ0v) is 14.7. The van der Waals surface area contributed by atoms with Gasteiger partial charge < -0.3 is 4.90 Å². The zero-order valence-electron chi connectivity index (χ0n) is 14.7. The van der Waals surface area contributed by atoms with Crippen LogP contribution in [-0.4, -0.2) is 37.1 Å².